The van der Waals surface area contributed by atoms with E-state index in [0.717, 1.165) is 42.8 Å². The third-order valence-electron chi connectivity index (χ3n) is 4.61. The van der Waals surface area contributed by atoms with Crippen molar-refractivity contribution in [2.75, 3.05) is 7.11 Å². The molecule has 1 heterocycles. The van der Waals surface area contributed by atoms with Crippen LogP contribution >= 0.6 is 12.4 Å². The van der Waals surface area contributed by atoms with Crippen molar-refractivity contribution in [2.45, 2.75) is 44.2 Å². The second-order valence-corrected chi connectivity index (χ2v) is 6.35. The van der Waals surface area contributed by atoms with Crippen LogP contribution in [-0.4, -0.2) is 28.3 Å². The summed E-state index contributed by atoms with van der Waals surface area (Å²) < 4.78 is 6.93. The highest BCUT2D eigenvalue weighted by Gasteiger charge is 2.34. The molecule has 2 aromatic rings. The Morgan fingerprint density at radius 3 is 2.56 bits per heavy atom. The van der Waals surface area contributed by atoms with Crippen LogP contribution in [0.5, 0.6) is 5.75 Å². The summed E-state index contributed by atoms with van der Waals surface area (Å²) in [4.78, 5) is 12.4. The minimum atomic E-state index is -0.712. The smallest absolute Gasteiger partial charge is 0.240 e. The van der Waals surface area contributed by atoms with E-state index >= 15 is 0 Å². The highest BCUT2D eigenvalue weighted by molar-refractivity contribution is 5.86. The molecule has 0 spiro atoms. The lowest BCUT2D eigenvalue weighted by molar-refractivity contribution is -0.127. The first-order valence-electron chi connectivity index (χ1n) is 8.37. The average Bonchev–Trinajstić information content (AvgIpc) is 3.09. The lowest BCUT2D eigenvalue weighted by atomic mass is 9.82. The van der Waals surface area contributed by atoms with Crippen molar-refractivity contribution in [3.63, 3.8) is 0 Å². The monoisotopic (exact) mass is 364 g/mol. The lowest BCUT2D eigenvalue weighted by Gasteiger charge is -2.31. The number of hydrogen-bond donors (Lipinski definition) is 2. The number of nitrogens with zero attached hydrogens (tertiary/aromatic N) is 2. The van der Waals surface area contributed by atoms with Crippen LogP contribution in [0.2, 0.25) is 0 Å². The Hall–Kier alpha value is -2.05. The first kappa shape index (κ1) is 19.3. The van der Waals surface area contributed by atoms with Crippen LogP contribution in [0.3, 0.4) is 0 Å². The molecule has 1 aliphatic carbocycles. The molecule has 1 saturated carbocycles. The van der Waals surface area contributed by atoms with Gasteiger partial charge in [-0.15, -0.1) is 12.4 Å². The topological polar surface area (TPSA) is 82.2 Å². The maximum absolute atomic E-state index is 12.4. The maximum atomic E-state index is 12.4. The Labute approximate surface area is 154 Å². The number of hydrogen-bond acceptors (Lipinski definition) is 4. The van der Waals surface area contributed by atoms with Crippen molar-refractivity contribution < 1.29 is 9.53 Å². The van der Waals surface area contributed by atoms with Crippen LogP contribution in [0.15, 0.2) is 36.5 Å². The zero-order chi connectivity index (χ0) is 17.0. The molecule has 136 valence electrons. The molecular formula is C18H25ClN4O2. The molecular weight excluding hydrogens is 340 g/mol. The van der Waals surface area contributed by atoms with Gasteiger partial charge in [0.2, 0.25) is 5.91 Å². The van der Waals surface area contributed by atoms with Crippen LogP contribution in [0.25, 0.3) is 5.69 Å². The van der Waals surface area contributed by atoms with Crippen LogP contribution in [-0.2, 0) is 11.3 Å². The molecule has 7 heteroatoms. The molecule has 0 radical (unpaired) electrons. The van der Waals surface area contributed by atoms with Crippen molar-refractivity contribution in [3.05, 3.63) is 42.2 Å². The number of methoxy groups -OCH3 is 1. The van der Waals surface area contributed by atoms with Crippen LogP contribution in [0.4, 0.5) is 0 Å². The number of rotatable bonds is 5. The molecule has 1 amide bonds. The highest BCUT2D eigenvalue weighted by Crippen LogP contribution is 2.26. The molecule has 3 rings (SSSR count). The number of halogens is 1. The summed E-state index contributed by atoms with van der Waals surface area (Å²) >= 11 is 0. The number of ether oxygens (including phenoxy) is 1. The minimum absolute atomic E-state index is 0. The van der Waals surface area contributed by atoms with E-state index in [2.05, 4.69) is 10.4 Å². The van der Waals surface area contributed by atoms with Crippen LogP contribution < -0.4 is 15.8 Å². The van der Waals surface area contributed by atoms with Gasteiger partial charge in [-0.2, -0.15) is 5.10 Å². The first-order chi connectivity index (χ1) is 11.6. The van der Waals surface area contributed by atoms with E-state index in [1.807, 2.05) is 36.5 Å². The fraction of sp³-hybridized carbons (Fsp3) is 0.444. The van der Waals surface area contributed by atoms with Crippen molar-refractivity contribution in [1.82, 2.24) is 15.1 Å². The Kier molecular flexibility index (Phi) is 6.45. The number of amides is 1. The quantitative estimate of drug-likeness (QED) is 0.854. The van der Waals surface area contributed by atoms with Gasteiger partial charge in [0.25, 0.3) is 0 Å². The van der Waals surface area contributed by atoms with E-state index in [9.17, 15) is 4.79 Å². The zero-order valence-electron chi connectivity index (χ0n) is 14.4. The number of carbonyl (C=O) groups excluding carboxylic acids is 1. The molecule has 0 saturated heterocycles. The van der Waals surface area contributed by atoms with Gasteiger partial charge in [-0.05, 0) is 43.2 Å². The van der Waals surface area contributed by atoms with Gasteiger partial charge >= 0.3 is 0 Å². The maximum Gasteiger partial charge on any atom is 0.240 e. The van der Waals surface area contributed by atoms with Gasteiger partial charge in [0.1, 0.15) is 5.75 Å². The Morgan fingerprint density at radius 1 is 1.24 bits per heavy atom. The van der Waals surface area contributed by atoms with Crippen molar-refractivity contribution >= 4 is 18.3 Å². The van der Waals surface area contributed by atoms with Gasteiger partial charge in [-0.25, -0.2) is 4.68 Å². The standard InChI is InChI=1S/C18H24N4O2.ClH/c1-24-16-7-5-15(6-8-16)22-12-9-14(21-22)13-20-17(23)18(19)10-3-2-4-11-18;/h5-9,12H,2-4,10-11,13,19H2,1H3,(H,20,23);1H. The predicted octanol–water partition coefficient (Wildman–Crippen LogP) is 2.58. The lowest BCUT2D eigenvalue weighted by Crippen LogP contribution is -2.54. The molecule has 6 nitrogen and oxygen atoms in total. The minimum Gasteiger partial charge on any atom is -0.497 e. The molecule has 1 aliphatic rings. The molecule has 1 fully saturated rings. The van der Waals surface area contributed by atoms with E-state index in [4.69, 9.17) is 10.5 Å². The molecule has 1 aromatic carbocycles. The number of aromatic nitrogens is 2. The van der Waals surface area contributed by atoms with Crippen LogP contribution in [0, 0.1) is 0 Å². The number of nitrogens with one attached hydrogen (secondary N) is 1. The molecule has 0 unspecified atom stereocenters. The summed E-state index contributed by atoms with van der Waals surface area (Å²) in [7, 11) is 1.64. The second-order valence-electron chi connectivity index (χ2n) is 6.35. The molecule has 3 N–H and O–H groups in total. The van der Waals surface area contributed by atoms with Crippen LogP contribution in [0.1, 0.15) is 37.8 Å². The van der Waals surface area contributed by atoms with E-state index in [1.165, 1.54) is 6.42 Å². The fourth-order valence-corrected chi connectivity index (χ4v) is 3.09. The number of benzene rings is 1. The van der Waals surface area contributed by atoms with Gasteiger partial charge in [-0.1, -0.05) is 19.3 Å². The SMILES string of the molecule is COc1ccc(-n2ccc(CNC(=O)C3(N)CCCCC3)n2)cc1.Cl. The highest BCUT2D eigenvalue weighted by atomic mass is 35.5. The average molecular weight is 365 g/mol. The Balaban J connectivity index is 0.00000225. The van der Waals surface area contributed by atoms with Gasteiger partial charge < -0.3 is 15.8 Å². The van der Waals surface area contributed by atoms with Gasteiger partial charge in [0.05, 0.1) is 30.6 Å². The summed E-state index contributed by atoms with van der Waals surface area (Å²) in [6.07, 6.45) is 6.62. The molecule has 1 aromatic heterocycles. The molecule has 25 heavy (non-hydrogen) atoms. The second kappa shape index (κ2) is 8.36. The third-order valence-corrected chi connectivity index (χ3v) is 4.61. The van der Waals surface area contributed by atoms with E-state index in [1.54, 1.807) is 11.8 Å². The van der Waals surface area contributed by atoms with E-state index in [-0.39, 0.29) is 18.3 Å². The number of nitrogens with two attached hydrogens (primary N) is 1. The Morgan fingerprint density at radius 2 is 1.92 bits per heavy atom. The van der Waals surface area contributed by atoms with Gasteiger partial charge in [0.15, 0.2) is 0 Å². The largest absolute Gasteiger partial charge is 0.497 e. The first-order valence-corrected chi connectivity index (χ1v) is 8.37. The molecule has 0 bridgehead atoms. The van der Waals surface area contributed by atoms with Gasteiger partial charge in [-0.3, -0.25) is 4.79 Å². The third kappa shape index (κ3) is 4.52. The van der Waals surface area contributed by atoms with Crippen molar-refractivity contribution in [3.8, 4) is 11.4 Å². The summed E-state index contributed by atoms with van der Waals surface area (Å²) in [5.74, 6) is 0.736. The fourth-order valence-electron chi connectivity index (χ4n) is 3.09. The normalized spacial score (nSPS) is 15.9. The van der Waals surface area contributed by atoms with E-state index < -0.39 is 5.54 Å². The van der Waals surface area contributed by atoms with Crippen molar-refractivity contribution in [1.29, 1.82) is 0 Å². The van der Waals surface area contributed by atoms with Crippen molar-refractivity contribution in [2.24, 2.45) is 5.73 Å². The Bertz CT molecular complexity index is 693. The number of carbonyl (C=O) groups is 1. The summed E-state index contributed by atoms with van der Waals surface area (Å²) in [6.45, 7) is 0.390. The molecule has 0 atom stereocenters. The van der Waals surface area contributed by atoms with E-state index in [0.29, 0.717) is 6.54 Å². The summed E-state index contributed by atoms with van der Waals surface area (Å²) in [6, 6.07) is 9.55. The molecule has 0 aliphatic heterocycles. The van der Waals surface area contributed by atoms with Gasteiger partial charge in [0, 0.05) is 6.20 Å². The zero-order valence-corrected chi connectivity index (χ0v) is 15.2. The predicted molar refractivity (Wildman–Crippen MR) is 99.2 cm³/mol. The summed E-state index contributed by atoms with van der Waals surface area (Å²) in [5, 5.41) is 7.43. The summed E-state index contributed by atoms with van der Waals surface area (Å²) in [5.41, 5.74) is 7.27.